The molecule has 14 heteroatoms. The second kappa shape index (κ2) is 21.0. The summed E-state index contributed by atoms with van der Waals surface area (Å²) in [6.45, 7) is 5.48. The number of hydrogen-bond acceptors (Lipinski definition) is 8. The summed E-state index contributed by atoms with van der Waals surface area (Å²) >= 11 is 0. The zero-order valence-electron chi connectivity index (χ0n) is 30.0. The molecule has 2 saturated heterocycles. The summed E-state index contributed by atoms with van der Waals surface area (Å²) in [5.74, 6) is 5.57. The Labute approximate surface area is 338 Å². The van der Waals surface area contributed by atoms with E-state index in [4.69, 9.17) is 28.4 Å². The first-order valence-electron chi connectivity index (χ1n) is 16.6. The van der Waals surface area contributed by atoms with Gasteiger partial charge < -0.3 is 46.0 Å². The maximum atomic E-state index is 13.2. The van der Waals surface area contributed by atoms with Crippen molar-refractivity contribution in [2.24, 2.45) is 11.8 Å². The minimum Gasteiger partial charge on any atom is -1.00 e. The number of halogens is 4. The second-order valence-electron chi connectivity index (χ2n) is 12.5. The van der Waals surface area contributed by atoms with Gasteiger partial charge in [-0.05, 0) is 97.4 Å². The summed E-state index contributed by atoms with van der Waals surface area (Å²) < 4.78 is 59.7. The molecule has 8 rings (SSSR count). The monoisotopic (exact) mass is 772 g/mol. The van der Waals surface area contributed by atoms with Crippen LogP contribution in [0.1, 0.15) is 37.2 Å². The fourth-order valence-electron chi connectivity index (χ4n) is 6.83. The van der Waals surface area contributed by atoms with Crippen molar-refractivity contribution in [3.63, 3.8) is 0 Å². The smallest absolute Gasteiger partial charge is 1.00 e. The van der Waals surface area contributed by atoms with Crippen molar-refractivity contribution in [3.05, 3.63) is 108 Å². The standard InChI is InChI=1S/2C19H20FNO3.2ClH.Na.H2O.H/c2*20-15-3-1-13(2-4-15)17-7-8-21-10-14(17)11-22-16-5-6-18-19(9-16)24-12-23-18;;;;;/h2*1-6,9,14,17,21H,7-8,10-12H2;2*1H;;1H2;/q;;;;+1;;-1/t2*14-,17-;;;;;/m00...../s1. The van der Waals surface area contributed by atoms with Gasteiger partial charge in [0.1, 0.15) is 23.1 Å². The molecular weight excluding hydrogens is 728 g/mol. The summed E-state index contributed by atoms with van der Waals surface area (Å²) in [4.78, 5) is 0. The Balaban J connectivity index is 0.000000335. The first kappa shape index (κ1) is 43.4. The molecule has 4 aliphatic rings. The van der Waals surface area contributed by atoms with E-state index in [2.05, 4.69) is 10.6 Å². The van der Waals surface area contributed by atoms with Crippen LogP contribution in [0.2, 0.25) is 0 Å². The van der Waals surface area contributed by atoms with Crippen molar-refractivity contribution in [1.29, 1.82) is 0 Å². The fraction of sp³-hybridized carbons (Fsp3) is 0.368. The third-order valence-electron chi connectivity index (χ3n) is 9.43. The Kier molecular flexibility index (Phi) is 17.6. The molecule has 4 aromatic carbocycles. The summed E-state index contributed by atoms with van der Waals surface area (Å²) in [5.41, 5.74) is 2.36. The van der Waals surface area contributed by atoms with Crippen LogP contribution in [0.5, 0.6) is 34.5 Å². The summed E-state index contributed by atoms with van der Waals surface area (Å²) in [6.07, 6.45) is 2.06. The first-order chi connectivity index (χ1) is 23.6. The Morgan fingerprint density at radius 2 is 0.962 bits per heavy atom. The number of fused-ring (bicyclic) bond motifs is 2. The number of nitrogens with one attached hydrogen (secondary N) is 2. The van der Waals surface area contributed by atoms with Crippen LogP contribution in [0.3, 0.4) is 0 Å². The number of benzene rings is 4. The fourth-order valence-corrected chi connectivity index (χ4v) is 6.83. The van der Waals surface area contributed by atoms with Crippen molar-refractivity contribution < 1.29 is 73.7 Å². The quantitative estimate of drug-likeness (QED) is 0.261. The molecule has 4 atom stereocenters. The van der Waals surface area contributed by atoms with Crippen molar-refractivity contribution in [2.75, 3.05) is 53.0 Å². The maximum Gasteiger partial charge on any atom is 1.00 e. The van der Waals surface area contributed by atoms with Crippen LogP contribution in [0.4, 0.5) is 8.78 Å². The molecule has 0 amide bonds. The van der Waals surface area contributed by atoms with Crippen LogP contribution < -0.4 is 68.6 Å². The van der Waals surface area contributed by atoms with E-state index in [0.717, 1.165) is 73.5 Å². The van der Waals surface area contributed by atoms with Gasteiger partial charge in [-0.15, -0.1) is 24.8 Å². The van der Waals surface area contributed by atoms with Crippen LogP contribution in [-0.2, 0) is 0 Å². The molecule has 0 spiro atoms. The predicted molar refractivity (Wildman–Crippen MR) is 196 cm³/mol. The molecule has 9 nitrogen and oxygen atoms in total. The maximum absolute atomic E-state index is 13.2. The number of ether oxygens (including phenoxy) is 6. The minimum absolute atomic E-state index is 0. The molecule has 52 heavy (non-hydrogen) atoms. The van der Waals surface area contributed by atoms with E-state index in [0.29, 0.717) is 36.9 Å². The summed E-state index contributed by atoms with van der Waals surface area (Å²) in [6, 6.07) is 25.0. The van der Waals surface area contributed by atoms with Gasteiger partial charge in [-0.1, -0.05) is 24.3 Å². The zero-order valence-corrected chi connectivity index (χ0v) is 32.6. The molecule has 0 saturated carbocycles. The molecule has 4 heterocycles. The van der Waals surface area contributed by atoms with Gasteiger partial charge in [0.2, 0.25) is 13.6 Å². The molecule has 0 aromatic heterocycles. The van der Waals surface area contributed by atoms with Crippen molar-refractivity contribution >= 4 is 24.8 Å². The number of hydrogen-bond donors (Lipinski definition) is 2. The van der Waals surface area contributed by atoms with Crippen molar-refractivity contribution in [3.8, 4) is 34.5 Å². The SMILES string of the molecule is Cl.Cl.Fc1ccc([C@@H]2CCNC[C@H]2COc2ccc3c(c2)OCO3)cc1.Fc1ccc([C@@H]2CCNC[C@H]2COc2ccc3c(c2)OCO3)cc1.O.[H-].[Na+]. The van der Waals surface area contributed by atoms with Gasteiger partial charge in [-0.2, -0.15) is 0 Å². The third kappa shape index (κ3) is 11.0. The van der Waals surface area contributed by atoms with Gasteiger partial charge in [0, 0.05) is 37.1 Å². The molecule has 278 valence electrons. The molecule has 4 aliphatic heterocycles. The van der Waals surface area contributed by atoms with E-state index >= 15 is 0 Å². The third-order valence-corrected chi connectivity index (χ3v) is 9.43. The van der Waals surface area contributed by atoms with Crippen molar-refractivity contribution in [2.45, 2.75) is 24.7 Å². The summed E-state index contributed by atoms with van der Waals surface area (Å²) in [7, 11) is 0. The molecular formula is C38H45Cl2F2N2NaO7. The average Bonchev–Trinajstić information content (AvgIpc) is 3.80. The van der Waals surface area contributed by atoms with E-state index in [-0.39, 0.29) is 86.5 Å². The molecule has 0 bridgehead atoms. The van der Waals surface area contributed by atoms with Crippen LogP contribution in [0.25, 0.3) is 0 Å². The predicted octanol–water partition coefficient (Wildman–Crippen LogP) is 3.79. The van der Waals surface area contributed by atoms with Crippen LogP contribution in [0, 0.1) is 23.5 Å². The van der Waals surface area contributed by atoms with Gasteiger partial charge in [0.05, 0.1) is 13.2 Å². The van der Waals surface area contributed by atoms with E-state index < -0.39 is 0 Å². The number of piperidine rings is 2. The Morgan fingerprint density at radius 3 is 1.37 bits per heavy atom. The molecule has 4 N–H and O–H groups in total. The van der Waals surface area contributed by atoms with Gasteiger partial charge in [-0.25, -0.2) is 8.78 Å². The molecule has 0 unspecified atom stereocenters. The Morgan fingerprint density at radius 1 is 0.577 bits per heavy atom. The largest absolute Gasteiger partial charge is 1.00 e. The van der Waals surface area contributed by atoms with Crippen molar-refractivity contribution in [1.82, 2.24) is 10.6 Å². The topological polar surface area (TPSA) is 111 Å². The van der Waals surface area contributed by atoms with Crippen LogP contribution in [-0.4, -0.2) is 58.5 Å². The average molecular weight is 774 g/mol. The normalized spacial score (nSPS) is 20.7. The van der Waals surface area contributed by atoms with Gasteiger partial charge >= 0.3 is 29.6 Å². The molecule has 0 aliphatic carbocycles. The van der Waals surface area contributed by atoms with Crippen LogP contribution >= 0.6 is 24.8 Å². The molecule has 4 aromatic rings. The minimum atomic E-state index is -0.194. The Hall–Kier alpha value is -3.00. The van der Waals surface area contributed by atoms with Crippen LogP contribution in [0.15, 0.2) is 84.9 Å². The van der Waals surface area contributed by atoms with E-state index in [1.54, 1.807) is 0 Å². The van der Waals surface area contributed by atoms with E-state index in [9.17, 15) is 8.78 Å². The molecule has 0 radical (unpaired) electrons. The zero-order chi connectivity index (χ0) is 32.7. The van der Waals surface area contributed by atoms with Gasteiger partial charge in [-0.3, -0.25) is 0 Å². The first-order valence-corrected chi connectivity index (χ1v) is 16.6. The Bertz CT molecular complexity index is 1560. The van der Waals surface area contributed by atoms with Gasteiger partial charge in [0.25, 0.3) is 0 Å². The van der Waals surface area contributed by atoms with E-state index in [1.807, 2.05) is 60.7 Å². The second-order valence-corrected chi connectivity index (χ2v) is 12.5. The number of rotatable bonds is 8. The molecule has 2 fully saturated rings. The summed E-state index contributed by atoms with van der Waals surface area (Å²) in [5, 5.41) is 6.85. The van der Waals surface area contributed by atoms with E-state index in [1.165, 1.54) is 35.4 Å². The van der Waals surface area contributed by atoms with Gasteiger partial charge in [0.15, 0.2) is 23.0 Å².